The second kappa shape index (κ2) is 68.4. The van der Waals surface area contributed by atoms with Crippen molar-refractivity contribution in [1.29, 1.82) is 21.6 Å². The van der Waals surface area contributed by atoms with Gasteiger partial charge in [-0.2, -0.15) is 11.8 Å². The molecule has 11 amide bonds. The second-order valence-electron chi connectivity index (χ2n) is 35.6. The number of nitrogens with one attached hydrogen (secondary N) is 16. The largest absolute Gasteiger partial charge is 0.481 e. The van der Waals surface area contributed by atoms with Gasteiger partial charge in [0.2, 0.25) is 53.2 Å². The summed E-state index contributed by atoms with van der Waals surface area (Å²) in [6, 6.07) is -10.8. The number of carbonyl (C=O) groups excluding carboxylic acids is 19. The first kappa shape index (κ1) is 126. The SMILES string of the molecule is CCC(=O)[C@@H](CCCNC(=N)N)NC(=O)[C@@H](CCCNC(=N)N)CC(=O)[C@@H](CCCNC(=N)N)NC(=O)[C@@H](CCCNC(=N)N)CC(=O)CNC(=O)[C@H](C)CC(=O)[C@H](CSC)NC(=O)CCC(=O)[C@H](CC(C)C)NC(=O)[C@@H]1CCCN1C(=O)COCCCC(=O)[C@@H](CCC(=O)O)NC(=O)[C@@H](CCC(=O)O)CC(=O)[C@@H](CCC(=O)O)NC(=O)[C@@H](CCC(=O)O)CC(=O)[C@@H](CCC(=O)O)NC(=O)CCN1C(=O)C=CC1=O. The fourth-order valence-electron chi connectivity index (χ4n) is 15.6. The highest BCUT2D eigenvalue weighted by molar-refractivity contribution is 7.98. The molecule has 0 unspecified atom stereocenters. The number of carbonyl (C=O) groups is 24. The van der Waals surface area contributed by atoms with Gasteiger partial charge in [-0.1, -0.05) is 27.7 Å². The van der Waals surface area contributed by atoms with Crippen LogP contribution in [0.4, 0.5) is 0 Å². The van der Waals surface area contributed by atoms with Crippen molar-refractivity contribution in [1.82, 2.24) is 73.6 Å². The lowest BCUT2D eigenvalue weighted by atomic mass is 9.89. The summed E-state index contributed by atoms with van der Waals surface area (Å²) in [7, 11) is 0. The average Bonchev–Trinajstić information content (AvgIpc) is 1.70. The first-order valence-electron chi connectivity index (χ1n) is 47.8. The number of ether oxygens (including phenoxy) is 1. The van der Waals surface area contributed by atoms with E-state index in [1.165, 1.54) is 23.6 Å². The number of thioether (sulfide) groups is 1. The van der Waals surface area contributed by atoms with Crippen LogP contribution in [0.3, 0.4) is 0 Å². The number of aliphatic carboxylic acids is 5. The first-order chi connectivity index (χ1) is 67.9. The maximum atomic E-state index is 14.5. The van der Waals surface area contributed by atoms with Gasteiger partial charge in [0.1, 0.15) is 12.6 Å². The third-order valence-corrected chi connectivity index (χ3v) is 24.0. The van der Waals surface area contributed by atoms with Gasteiger partial charge in [0.25, 0.3) is 11.8 Å². The molecule has 2 aliphatic heterocycles. The van der Waals surface area contributed by atoms with Gasteiger partial charge in [0.15, 0.2) is 70.1 Å². The van der Waals surface area contributed by atoms with Crippen LogP contribution in [0.2, 0.25) is 0 Å². The predicted molar refractivity (Wildman–Crippen MR) is 516 cm³/mol. The van der Waals surface area contributed by atoms with Gasteiger partial charge >= 0.3 is 29.8 Å². The van der Waals surface area contributed by atoms with Crippen molar-refractivity contribution in [3.8, 4) is 0 Å². The summed E-state index contributed by atoms with van der Waals surface area (Å²) in [6.07, 6.45) is -7.07. The zero-order chi connectivity index (χ0) is 108. The molecule has 2 aliphatic rings. The lowest BCUT2D eigenvalue weighted by molar-refractivity contribution is -0.142. The molecule has 2 heterocycles. The van der Waals surface area contributed by atoms with Crippen LogP contribution in [0, 0.1) is 57.1 Å². The monoisotopic (exact) mass is 2060 g/mol. The number of rotatable bonds is 80. The number of carboxylic acids is 5. The zero-order valence-corrected chi connectivity index (χ0v) is 82.8. The Morgan fingerprint density at radius 3 is 1.22 bits per heavy atom. The first-order valence-corrected chi connectivity index (χ1v) is 49.2. The Morgan fingerprint density at radius 2 is 0.792 bits per heavy atom. The minimum Gasteiger partial charge on any atom is -0.481 e. The number of nitrogens with zero attached hydrogens (tertiary/aromatic N) is 2. The Labute approximate surface area is 836 Å². The van der Waals surface area contributed by atoms with E-state index in [0.29, 0.717) is 17.7 Å². The molecule has 804 valence electrons. The van der Waals surface area contributed by atoms with Gasteiger partial charge in [-0.05, 0) is 121 Å². The lowest BCUT2D eigenvalue weighted by Gasteiger charge is -2.27. The van der Waals surface area contributed by atoms with Crippen molar-refractivity contribution in [2.45, 2.75) is 281 Å². The molecule has 13 atom stereocenters. The molecule has 144 heavy (non-hydrogen) atoms. The fourth-order valence-corrected chi connectivity index (χ4v) is 16.2. The van der Waals surface area contributed by atoms with Crippen LogP contribution >= 0.6 is 11.8 Å². The van der Waals surface area contributed by atoms with Crippen molar-refractivity contribution in [3.05, 3.63) is 12.2 Å². The van der Waals surface area contributed by atoms with E-state index in [9.17, 15) is 141 Å². The summed E-state index contributed by atoms with van der Waals surface area (Å²) < 4.78 is 5.61. The minimum absolute atomic E-state index is 0.0164. The van der Waals surface area contributed by atoms with Crippen molar-refractivity contribution < 1.29 is 145 Å². The maximum Gasteiger partial charge on any atom is 0.303 e. The topological polar surface area (TPSA) is 870 Å². The van der Waals surface area contributed by atoms with E-state index in [2.05, 4.69) is 63.8 Å². The molecule has 1 saturated heterocycles. The molecular formula is C91H144N22O30S. The highest BCUT2D eigenvalue weighted by Crippen LogP contribution is 2.26. The molecule has 0 saturated carbocycles. The number of nitrogens with two attached hydrogens (primary N) is 4. The highest BCUT2D eigenvalue weighted by atomic mass is 32.2. The van der Waals surface area contributed by atoms with Gasteiger partial charge in [-0.3, -0.25) is 142 Å². The minimum atomic E-state index is -1.85. The third-order valence-electron chi connectivity index (χ3n) is 23.4. The van der Waals surface area contributed by atoms with Gasteiger partial charge in [0.05, 0.1) is 48.8 Å². The summed E-state index contributed by atoms with van der Waals surface area (Å²) in [5.41, 5.74) is 21.9. The Morgan fingerprint density at radius 1 is 0.417 bits per heavy atom. The molecule has 0 aliphatic carbocycles. The Hall–Kier alpha value is -13.8. The molecular weight excluding hydrogens is 1910 g/mol. The predicted octanol–water partition coefficient (Wildman–Crippen LogP) is -2.82. The highest BCUT2D eigenvalue weighted by Gasteiger charge is 2.40. The summed E-state index contributed by atoms with van der Waals surface area (Å²) in [6.45, 7) is 5.13. The molecule has 0 aromatic heterocycles. The Bertz CT molecular complexity index is 4550. The molecule has 53 heteroatoms. The van der Waals surface area contributed by atoms with Gasteiger partial charge < -0.3 is 122 Å². The van der Waals surface area contributed by atoms with E-state index in [-0.39, 0.29) is 151 Å². The van der Waals surface area contributed by atoms with Crippen LogP contribution in [-0.4, -0.2) is 320 Å². The maximum absolute atomic E-state index is 14.5. The fraction of sp³-hybridized carbons (Fsp3) is 0.670. The number of ketones is 8. The standard InChI is InChI=1S/C91H144N22O30S/c1-6-65(115)57(15-9-36-102-90(96)97)107-84(139)53(14-8-35-101-89(94)95)44-69(119)58(16-10-37-103-91(98)99)108-83(138)52(13-7-34-100-88(92)93)43-56(114)47-104-82(137)51(4)42-68(118)63(49-144-5)106-72(122)25-24-67(117)62(41-50(2)3)111-87(142)64-17-11-38-112(64)76(126)48-143-40-12-18-66(116)59(21-30-79(131)132)109-85(140)55(20-29-78(129)130)46-71(121)61(23-32-81(135)136)110-86(141)54(19-28-77(127)128)45-70(120)60(22-31-80(133)134)105-73(123)33-39-113-74(124)26-27-75(113)125/h26-27,50-55,57-64H,6-25,28-49H2,1-5H3,(H,104,137)(H,105,123)(H,106,122)(H,107,139)(H,108,138)(H,109,140)(H,110,141)(H,111,142)(H,127,128)(H,129,130)(H,131,132)(H,133,134)(H,135,136)(H4,92,93,100)(H4,94,95,101)(H4,96,97,102)(H4,98,99,103)/t51-,52+,53+,54+,55+,57-,58-,59-,60-,61-,62+,63+,64+/m1/s1. The quantitative estimate of drug-likeness (QED) is 0.0126. The van der Waals surface area contributed by atoms with Gasteiger partial charge in [-0.25, -0.2) is 0 Å². The smallest absolute Gasteiger partial charge is 0.303 e. The van der Waals surface area contributed by atoms with E-state index in [4.69, 9.17) is 49.3 Å². The number of likely N-dealkylation sites (tertiary alicyclic amines) is 1. The molecule has 0 aromatic carbocycles. The number of Topliss-reactive ketones (excluding diaryl/α,β-unsaturated/α-hetero) is 8. The second-order valence-corrected chi connectivity index (χ2v) is 36.5. The van der Waals surface area contributed by atoms with Crippen LogP contribution in [0.15, 0.2) is 12.2 Å². The molecule has 0 spiro atoms. The summed E-state index contributed by atoms with van der Waals surface area (Å²) >= 11 is 1.18. The normalized spacial score (nSPS) is 15.1. The van der Waals surface area contributed by atoms with Gasteiger partial charge in [-0.15, -0.1) is 0 Å². The number of imide groups is 1. The average molecular weight is 2060 g/mol. The molecule has 29 N–H and O–H groups in total. The number of guanidine groups is 4. The number of hydrogen-bond acceptors (Lipinski definition) is 30. The van der Waals surface area contributed by atoms with E-state index < -0.39 is 355 Å². The van der Waals surface area contributed by atoms with Crippen LogP contribution in [0.5, 0.6) is 0 Å². The zero-order valence-electron chi connectivity index (χ0n) is 82.0. The van der Waals surface area contributed by atoms with E-state index >= 15 is 0 Å². The van der Waals surface area contributed by atoms with E-state index in [0.717, 1.165) is 12.2 Å². The number of amides is 11. The summed E-state index contributed by atoms with van der Waals surface area (Å²) in [4.78, 5) is 321. The van der Waals surface area contributed by atoms with Crippen molar-refractivity contribution in [2.75, 3.05) is 71.0 Å². The lowest BCUT2D eigenvalue weighted by Crippen LogP contribution is -2.52. The molecule has 0 bridgehead atoms. The van der Waals surface area contributed by atoms with E-state index in [1.807, 2.05) is 0 Å². The Balaban J connectivity index is 2.21. The van der Waals surface area contributed by atoms with Crippen molar-refractivity contribution in [2.24, 2.45) is 58.4 Å². The molecule has 2 rings (SSSR count). The Kier molecular flexibility index (Phi) is 60.0. The molecule has 1 fully saturated rings. The van der Waals surface area contributed by atoms with Gasteiger partial charge in [0, 0.05) is 190 Å². The van der Waals surface area contributed by atoms with E-state index in [1.54, 1.807) is 27.0 Å². The molecule has 52 nitrogen and oxygen atoms in total. The van der Waals surface area contributed by atoms with Crippen molar-refractivity contribution in [3.63, 3.8) is 0 Å². The van der Waals surface area contributed by atoms with Crippen LogP contribution in [0.25, 0.3) is 0 Å². The number of hydrogen-bond donors (Lipinski definition) is 25. The van der Waals surface area contributed by atoms with Crippen LogP contribution < -0.4 is 86.7 Å². The molecule has 0 radical (unpaired) electrons. The molecule has 0 aromatic rings. The number of carboxylic acid groups (broad SMARTS) is 5. The van der Waals surface area contributed by atoms with Crippen molar-refractivity contribution >= 4 is 177 Å². The van der Waals surface area contributed by atoms with Crippen LogP contribution in [-0.2, 0) is 120 Å². The summed E-state index contributed by atoms with van der Waals surface area (Å²) in [5.74, 6) is -30.3. The third kappa shape index (κ3) is 52.8. The summed E-state index contributed by atoms with van der Waals surface area (Å²) in [5, 5.41) is 109. The van der Waals surface area contributed by atoms with Crippen LogP contribution in [0.1, 0.15) is 233 Å².